The van der Waals surface area contributed by atoms with Gasteiger partial charge in [-0.15, -0.1) is 0 Å². The van der Waals surface area contributed by atoms with Crippen LogP contribution in [0.3, 0.4) is 0 Å². The summed E-state index contributed by atoms with van der Waals surface area (Å²) < 4.78 is 0. The number of aromatic nitrogens is 1. The van der Waals surface area contributed by atoms with Gasteiger partial charge in [0, 0.05) is 5.39 Å². The number of benzene rings is 1. The number of nitrogens with zero attached hydrogens (tertiary/aromatic N) is 1. The van der Waals surface area contributed by atoms with Crippen LogP contribution in [-0.2, 0) is 5.41 Å². The molecule has 16 heavy (non-hydrogen) atoms. The van der Waals surface area contributed by atoms with Crippen LogP contribution in [0.25, 0.3) is 10.9 Å². The molecule has 3 heteroatoms. The van der Waals surface area contributed by atoms with Gasteiger partial charge < -0.3 is 10.2 Å². The summed E-state index contributed by atoms with van der Waals surface area (Å²) in [7, 11) is 0. The maximum Gasteiger partial charge on any atom is 0.254 e. The molecule has 0 atom stereocenters. The highest BCUT2D eigenvalue weighted by Crippen LogP contribution is 2.33. The van der Waals surface area contributed by atoms with Gasteiger partial charge in [0.15, 0.2) is 5.75 Å². The summed E-state index contributed by atoms with van der Waals surface area (Å²) in [4.78, 5) is 3.95. The van der Waals surface area contributed by atoms with Gasteiger partial charge >= 0.3 is 0 Å². The predicted molar refractivity (Wildman–Crippen MR) is 63.8 cm³/mol. The van der Waals surface area contributed by atoms with Gasteiger partial charge in [-0.2, -0.15) is 0 Å². The van der Waals surface area contributed by atoms with Gasteiger partial charge in [-0.1, -0.05) is 32.9 Å². The van der Waals surface area contributed by atoms with Crippen LogP contribution in [0.15, 0.2) is 24.3 Å². The molecule has 0 aliphatic carbocycles. The Kier molecular flexibility index (Phi) is 2.26. The number of rotatable bonds is 0. The van der Waals surface area contributed by atoms with E-state index in [4.69, 9.17) is 0 Å². The van der Waals surface area contributed by atoms with E-state index in [1.54, 1.807) is 6.07 Å². The molecule has 84 valence electrons. The lowest BCUT2D eigenvalue weighted by Gasteiger charge is -2.21. The number of aromatic hydroxyl groups is 2. The quantitative estimate of drug-likeness (QED) is 0.713. The largest absolute Gasteiger partial charge is 0.503 e. The van der Waals surface area contributed by atoms with E-state index in [1.165, 1.54) is 0 Å². The molecule has 0 saturated carbocycles. The first-order valence-electron chi connectivity index (χ1n) is 5.22. The van der Waals surface area contributed by atoms with Gasteiger partial charge in [0.25, 0.3) is 5.88 Å². The molecule has 1 aromatic heterocycles. The van der Waals surface area contributed by atoms with Gasteiger partial charge in [0.05, 0.1) is 5.52 Å². The van der Waals surface area contributed by atoms with Gasteiger partial charge in [-0.25, -0.2) is 4.98 Å². The first-order chi connectivity index (χ1) is 7.39. The average Bonchev–Trinajstić information content (AvgIpc) is 2.17. The molecule has 0 saturated heterocycles. The summed E-state index contributed by atoms with van der Waals surface area (Å²) in [6, 6.07) is 7.31. The minimum absolute atomic E-state index is 0.0232. The first kappa shape index (κ1) is 10.7. The topological polar surface area (TPSA) is 53.4 Å². The summed E-state index contributed by atoms with van der Waals surface area (Å²) in [5.41, 5.74) is 1.78. The molecule has 0 spiro atoms. The van der Waals surface area contributed by atoms with Crippen LogP contribution < -0.4 is 0 Å². The Bertz CT molecular complexity index is 541. The van der Waals surface area contributed by atoms with Crippen LogP contribution in [-0.4, -0.2) is 15.2 Å². The fourth-order valence-corrected chi connectivity index (χ4v) is 1.83. The van der Waals surface area contributed by atoms with E-state index in [0.29, 0.717) is 5.52 Å². The second-order valence-corrected chi connectivity index (χ2v) is 4.95. The van der Waals surface area contributed by atoms with Crippen LogP contribution >= 0.6 is 0 Å². The highest BCUT2D eigenvalue weighted by Gasteiger charge is 2.18. The van der Waals surface area contributed by atoms with Gasteiger partial charge in [0.2, 0.25) is 0 Å². The normalized spacial score (nSPS) is 11.9. The van der Waals surface area contributed by atoms with Crippen LogP contribution in [0.5, 0.6) is 11.6 Å². The molecule has 2 rings (SSSR count). The minimum Gasteiger partial charge on any atom is -0.503 e. The average molecular weight is 217 g/mol. The summed E-state index contributed by atoms with van der Waals surface area (Å²) in [5, 5.41) is 19.7. The van der Waals surface area contributed by atoms with Crippen molar-refractivity contribution in [2.45, 2.75) is 26.2 Å². The molecular weight excluding hydrogens is 202 g/mol. The van der Waals surface area contributed by atoms with Crippen molar-refractivity contribution in [2.24, 2.45) is 0 Å². The Morgan fingerprint density at radius 3 is 2.44 bits per heavy atom. The van der Waals surface area contributed by atoms with Crippen molar-refractivity contribution in [3.05, 3.63) is 29.8 Å². The first-order valence-corrected chi connectivity index (χ1v) is 5.22. The maximum atomic E-state index is 9.49. The third kappa shape index (κ3) is 1.69. The number of pyridine rings is 1. The van der Waals surface area contributed by atoms with E-state index in [-0.39, 0.29) is 17.0 Å². The molecule has 0 aliphatic heterocycles. The molecule has 1 aromatic carbocycles. The van der Waals surface area contributed by atoms with Crippen molar-refractivity contribution >= 4 is 10.9 Å². The molecule has 2 N–H and O–H groups in total. The lowest BCUT2D eigenvalue weighted by atomic mass is 9.84. The van der Waals surface area contributed by atoms with E-state index in [2.05, 4.69) is 25.8 Å². The molecule has 0 fully saturated rings. The molecule has 1 heterocycles. The summed E-state index contributed by atoms with van der Waals surface area (Å²) in [6.07, 6.45) is 0. The third-order valence-electron chi connectivity index (χ3n) is 2.63. The second kappa shape index (κ2) is 3.37. The zero-order valence-corrected chi connectivity index (χ0v) is 9.65. The Hall–Kier alpha value is -1.77. The summed E-state index contributed by atoms with van der Waals surface area (Å²) in [6.45, 7) is 6.31. The summed E-state index contributed by atoms with van der Waals surface area (Å²) >= 11 is 0. The zero-order chi connectivity index (χ0) is 11.9. The van der Waals surface area contributed by atoms with Gasteiger partial charge in [-0.3, -0.25) is 0 Å². The molecular formula is C13H15NO2. The molecule has 0 radical (unpaired) electrons. The lowest BCUT2D eigenvalue weighted by molar-refractivity contribution is 0.391. The Morgan fingerprint density at radius 2 is 1.81 bits per heavy atom. The van der Waals surface area contributed by atoms with Crippen molar-refractivity contribution in [1.82, 2.24) is 4.98 Å². The van der Waals surface area contributed by atoms with Crippen molar-refractivity contribution < 1.29 is 10.2 Å². The SMILES string of the molecule is CC(C)(C)c1cccc2nc(O)c(O)cc12. The number of fused-ring (bicyclic) bond motifs is 1. The molecule has 3 nitrogen and oxygen atoms in total. The smallest absolute Gasteiger partial charge is 0.254 e. The van der Waals surface area contributed by atoms with Gasteiger partial charge in [0.1, 0.15) is 0 Å². The van der Waals surface area contributed by atoms with Crippen LogP contribution in [0.1, 0.15) is 26.3 Å². The molecule has 0 unspecified atom stereocenters. The van der Waals surface area contributed by atoms with Crippen molar-refractivity contribution in [3.63, 3.8) is 0 Å². The monoisotopic (exact) mass is 217 g/mol. The maximum absolute atomic E-state index is 9.49. The van der Waals surface area contributed by atoms with E-state index >= 15 is 0 Å². The highest BCUT2D eigenvalue weighted by molar-refractivity contribution is 5.85. The van der Waals surface area contributed by atoms with Crippen molar-refractivity contribution in [2.75, 3.05) is 0 Å². The third-order valence-corrected chi connectivity index (χ3v) is 2.63. The molecule has 2 aromatic rings. The second-order valence-electron chi connectivity index (χ2n) is 4.95. The van der Waals surface area contributed by atoms with E-state index in [1.807, 2.05) is 18.2 Å². The van der Waals surface area contributed by atoms with Crippen molar-refractivity contribution in [1.29, 1.82) is 0 Å². The number of hydrogen-bond acceptors (Lipinski definition) is 3. The highest BCUT2D eigenvalue weighted by atomic mass is 16.3. The molecule has 0 aliphatic rings. The Labute approximate surface area is 94.4 Å². The minimum atomic E-state index is -0.321. The van der Waals surface area contributed by atoms with Crippen LogP contribution in [0, 0.1) is 0 Å². The lowest BCUT2D eigenvalue weighted by Crippen LogP contribution is -2.11. The van der Waals surface area contributed by atoms with E-state index in [0.717, 1.165) is 10.9 Å². The van der Waals surface area contributed by atoms with E-state index in [9.17, 15) is 10.2 Å². The fraction of sp³-hybridized carbons (Fsp3) is 0.308. The van der Waals surface area contributed by atoms with Gasteiger partial charge in [-0.05, 0) is 23.1 Å². The standard InChI is InChI=1S/C13H15NO2/c1-13(2,3)9-5-4-6-10-8(9)7-11(15)12(16)14-10/h4-7,15H,1-3H3,(H,14,16). The zero-order valence-electron chi connectivity index (χ0n) is 9.65. The number of hydrogen-bond donors (Lipinski definition) is 2. The predicted octanol–water partition coefficient (Wildman–Crippen LogP) is 2.94. The molecule has 0 bridgehead atoms. The fourth-order valence-electron chi connectivity index (χ4n) is 1.83. The summed E-state index contributed by atoms with van der Waals surface area (Å²) in [5.74, 6) is -0.497. The van der Waals surface area contributed by atoms with Crippen molar-refractivity contribution in [3.8, 4) is 11.6 Å². The van der Waals surface area contributed by atoms with E-state index < -0.39 is 0 Å². The Balaban J connectivity index is 2.82. The molecule has 0 amide bonds. The van der Waals surface area contributed by atoms with Crippen LogP contribution in [0.2, 0.25) is 0 Å². The van der Waals surface area contributed by atoms with Crippen LogP contribution in [0.4, 0.5) is 0 Å². The Morgan fingerprint density at radius 1 is 1.12 bits per heavy atom.